The maximum atomic E-state index is 4.55. The van der Waals surface area contributed by atoms with E-state index in [-0.39, 0.29) is 0 Å². The highest BCUT2D eigenvalue weighted by Gasteiger charge is 2.24. The number of fused-ring (bicyclic) bond motifs is 1. The van der Waals surface area contributed by atoms with Gasteiger partial charge in [-0.2, -0.15) is 11.8 Å². The zero-order valence-corrected chi connectivity index (χ0v) is 10.8. The molecule has 1 aliphatic carbocycles. The van der Waals surface area contributed by atoms with Crippen LogP contribution in [0.4, 0.5) is 5.95 Å². The van der Waals surface area contributed by atoms with E-state index in [0.717, 1.165) is 22.2 Å². The molecule has 4 heteroatoms. The maximum Gasteiger partial charge on any atom is 0.201 e. The van der Waals surface area contributed by atoms with Crippen molar-refractivity contribution in [1.82, 2.24) is 9.97 Å². The van der Waals surface area contributed by atoms with Crippen LogP contribution in [-0.4, -0.2) is 27.5 Å². The van der Waals surface area contributed by atoms with Crippen LogP contribution < -0.4 is 5.32 Å². The number of nitrogens with zero attached hydrogens (tertiary/aromatic N) is 1. The first kappa shape index (κ1) is 11.0. The van der Waals surface area contributed by atoms with Gasteiger partial charge in [0.05, 0.1) is 11.0 Å². The van der Waals surface area contributed by atoms with Crippen molar-refractivity contribution in [3.63, 3.8) is 0 Å². The number of para-hydroxylation sites is 2. The van der Waals surface area contributed by atoms with Gasteiger partial charge in [-0.1, -0.05) is 12.1 Å². The number of aromatic amines is 1. The van der Waals surface area contributed by atoms with Crippen LogP contribution in [0.2, 0.25) is 0 Å². The van der Waals surface area contributed by atoms with E-state index in [4.69, 9.17) is 0 Å². The van der Waals surface area contributed by atoms with Gasteiger partial charge in [-0.25, -0.2) is 4.98 Å². The SMILES string of the molecule is CSC1CCC(Nc2nc3ccccc3[nH]2)C1. The molecule has 1 aromatic heterocycles. The second-order valence-corrected chi connectivity index (χ2v) is 5.75. The molecule has 1 fully saturated rings. The van der Waals surface area contributed by atoms with E-state index >= 15 is 0 Å². The summed E-state index contributed by atoms with van der Waals surface area (Å²) in [5.41, 5.74) is 2.14. The number of H-pyrrole nitrogens is 1. The molecule has 3 rings (SSSR count). The number of thioether (sulfide) groups is 1. The van der Waals surface area contributed by atoms with Gasteiger partial charge >= 0.3 is 0 Å². The van der Waals surface area contributed by atoms with E-state index in [9.17, 15) is 0 Å². The number of anilines is 1. The van der Waals surface area contributed by atoms with Gasteiger partial charge in [0.15, 0.2) is 0 Å². The predicted molar refractivity (Wildman–Crippen MR) is 74.7 cm³/mol. The smallest absolute Gasteiger partial charge is 0.201 e. The van der Waals surface area contributed by atoms with Gasteiger partial charge in [-0.05, 0) is 37.7 Å². The fraction of sp³-hybridized carbons (Fsp3) is 0.462. The zero-order chi connectivity index (χ0) is 11.7. The van der Waals surface area contributed by atoms with Crippen LogP contribution in [0.5, 0.6) is 0 Å². The Morgan fingerprint density at radius 2 is 2.24 bits per heavy atom. The highest BCUT2D eigenvalue weighted by molar-refractivity contribution is 7.99. The van der Waals surface area contributed by atoms with Gasteiger partial charge in [-0.3, -0.25) is 0 Å². The molecule has 1 heterocycles. The molecule has 2 unspecified atom stereocenters. The lowest BCUT2D eigenvalue weighted by Crippen LogP contribution is -2.16. The Morgan fingerprint density at radius 3 is 3.00 bits per heavy atom. The summed E-state index contributed by atoms with van der Waals surface area (Å²) in [6, 6.07) is 8.73. The molecule has 3 nitrogen and oxygen atoms in total. The van der Waals surface area contributed by atoms with Crippen molar-refractivity contribution in [2.75, 3.05) is 11.6 Å². The summed E-state index contributed by atoms with van der Waals surface area (Å²) in [6.07, 6.45) is 6.02. The van der Waals surface area contributed by atoms with E-state index in [1.165, 1.54) is 19.3 Å². The van der Waals surface area contributed by atoms with Gasteiger partial charge in [0.25, 0.3) is 0 Å². The van der Waals surface area contributed by atoms with Crippen molar-refractivity contribution in [3.05, 3.63) is 24.3 Å². The molecule has 0 radical (unpaired) electrons. The number of benzene rings is 1. The molecular weight excluding hydrogens is 230 g/mol. The average molecular weight is 247 g/mol. The van der Waals surface area contributed by atoms with Crippen molar-refractivity contribution in [2.24, 2.45) is 0 Å². The Hall–Kier alpha value is -1.16. The first-order valence-electron chi connectivity index (χ1n) is 6.09. The van der Waals surface area contributed by atoms with E-state index in [2.05, 4.69) is 27.6 Å². The van der Waals surface area contributed by atoms with Crippen LogP contribution in [-0.2, 0) is 0 Å². The molecule has 1 saturated carbocycles. The third-order valence-electron chi connectivity index (χ3n) is 3.45. The van der Waals surface area contributed by atoms with Crippen LogP contribution in [0.15, 0.2) is 24.3 Å². The summed E-state index contributed by atoms with van der Waals surface area (Å²) in [4.78, 5) is 7.88. The van der Waals surface area contributed by atoms with E-state index < -0.39 is 0 Å². The molecule has 17 heavy (non-hydrogen) atoms. The monoisotopic (exact) mass is 247 g/mol. The van der Waals surface area contributed by atoms with Gasteiger partial charge in [0, 0.05) is 11.3 Å². The highest BCUT2D eigenvalue weighted by atomic mass is 32.2. The second-order valence-electron chi connectivity index (χ2n) is 4.61. The zero-order valence-electron chi connectivity index (χ0n) is 9.94. The Morgan fingerprint density at radius 1 is 1.35 bits per heavy atom. The summed E-state index contributed by atoms with van der Waals surface area (Å²) >= 11 is 1.98. The Labute approximate surface area is 105 Å². The number of hydrogen-bond donors (Lipinski definition) is 2. The average Bonchev–Trinajstić information content (AvgIpc) is 2.94. The van der Waals surface area contributed by atoms with Crippen LogP contribution in [0, 0.1) is 0 Å². The highest BCUT2D eigenvalue weighted by Crippen LogP contribution is 2.30. The summed E-state index contributed by atoms with van der Waals surface area (Å²) < 4.78 is 0. The first-order valence-corrected chi connectivity index (χ1v) is 7.38. The first-order chi connectivity index (χ1) is 8.35. The largest absolute Gasteiger partial charge is 0.353 e. The lowest BCUT2D eigenvalue weighted by molar-refractivity contribution is 0.749. The lowest BCUT2D eigenvalue weighted by atomic mass is 10.2. The standard InChI is InChI=1S/C13H17N3S/c1-17-10-7-6-9(8-10)14-13-15-11-4-2-3-5-12(11)16-13/h2-5,9-10H,6-8H2,1H3,(H2,14,15,16). The second kappa shape index (κ2) is 4.61. The van der Waals surface area contributed by atoms with Crippen LogP contribution in [0.25, 0.3) is 11.0 Å². The van der Waals surface area contributed by atoms with Crippen LogP contribution >= 0.6 is 11.8 Å². The number of hydrogen-bond acceptors (Lipinski definition) is 3. The topological polar surface area (TPSA) is 40.7 Å². The van der Waals surface area contributed by atoms with Crippen LogP contribution in [0.3, 0.4) is 0 Å². The Bertz CT molecular complexity index is 475. The normalized spacial score (nSPS) is 24.3. The molecule has 0 spiro atoms. The number of aromatic nitrogens is 2. The number of nitrogens with one attached hydrogen (secondary N) is 2. The van der Waals surface area contributed by atoms with Crippen molar-refractivity contribution in [3.8, 4) is 0 Å². The van der Waals surface area contributed by atoms with Crippen molar-refractivity contribution >= 4 is 28.7 Å². The third-order valence-corrected chi connectivity index (χ3v) is 4.54. The number of rotatable bonds is 3. The predicted octanol–water partition coefficient (Wildman–Crippen LogP) is 3.26. The van der Waals surface area contributed by atoms with Gasteiger partial charge < -0.3 is 10.3 Å². The quantitative estimate of drug-likeness (QED) is 0.874. The molecule has 0 aliphatic heterocycles. The maximum absolute atomic E-state index is 4.55. The van der Waals surface area contributed by atoms with E-state index in [1.807, 2.05) is 30.0 Å². The van der Waals surface area contributed by atoms with Crippen LogP contribution in [0.1, 0.15) is 19.3 Å². The minimum Gasteiger partial charge on any atom is -0.353 e. The molecule has 1 aromatic carbocycles. The molecule has 0 amide bonds. The summed E-state index contributed by atoms with van der Waals surface area (Å²) in [6.45, 7) is 0. The van der Waals surface area contributed by atoms with Gasteiger partial charge in [0.1, 0.15) is 0 Å². The van der Waals surface area contributed by atoms with Crippen molar-refractivity contribution < 1.29 is 0 Å². The Balaban J connectivity index is 1.73. The summed E-state index contributed by atoms with van der Waals surface area (Å²) in [5, 5.41) is 4.33. The summed E-state index contributed by atoms with van der Waals surface area (Å²) in [7, 11) is 0. The molecule has 90 valence electrons. The van der Waals surface area contributed by atoms with E-state index in [1.54, 1.807) is 0 Å². The third kappa shape index (κ3) is 2.27. The molecular formula is C13H17N3S. The molecule has 0 bridgehead atoms. The van der Waals surface area contributed by atoms with Gasteiger partial charge in [-0.15, -0.1) is 0 Å². The Kier molecular flexibility index (Phi) is 2.97. The summed E-state index contributed by atoms with van der Waals surface area (Å²) in [5.74, 6) is 0.915. The molecule has 0 saturated heterocycles. The number of imidazole rings is 1. The fourth-order valence-electron chi connectivity index (χ4n) is 2.50. The van der Waals surface area contributed by atoms with E-state index in [0.29, 0.717) is 6.04 Å². The fourth-order valence-corrected chi connectivity index (χ4v) is 3.30. The van der Waals surface area contributed by atoms with Gasteiger partial charge in [0.2, 0.25) is 5.95 Å². The molecule has 2 aromatic rings. The van der Waals surface area contributed by atoms with Crippen molar-refractivity contribution in [1.29, 1.82) is 0 Å². The lowest BCUT2D eigenvalue weighted by Gasteiger charge is -2.11. The van der Waals surface area contributed by atoms with Crippen molar-refractivity contribution in [2.45, 2.75) is 30.6 Å². The molecule has 2 atom stereocenters. The molecule has 2 N–H and O–H groups in total. The minimum atomic E-state index is 0.577. The minimum absolute atomic E-state index is 0.577. The molecule has 1 aliphatic rings.